The molecule has 0 radical (unpaired) electrons. The summed E-state index contributed by atoms with van der Waals surface area (Å²) in [5.41, 5.74) is 1.74. The molecule has 0 saturated carbocycles. The first kappa shape index (κ1) is 19.1. The smallest absolute Gasteiger partial charge is 0.308 e. The second kappa shape index (κ2) is 8.75. The molecule has 0 aliphatic heterocycles. The van der Waals surface area contributed by atoms with E-state index in [0.717, 1.165) is 11.1 Å². The number of aliphatic hydroxyl groups is 1. The fourth-order valence-electron chi connectivity index (χ4n) is 2.23. The van der Waals surface area contributed by atoms with Crippen LogP contribution in [0.25, 0.3) is 11.1 Å². The van der Waals surface area contributed by atoms with Crippen LogP contribution >= 0.6 is 0 Å². The molecular weight excluding hydrogens is 342 g/mol. The molecule has 2 aromatic rings. The lowest BCUT2D eigenvalue weighted by molar-refractivity contribution is -0.131. The Morgan fingerprint density at radius 1 is 1.00 bits per heavy atom. The fraction of sp³-hybridized carbons (Fsp3) is 0.278. The number of hydrogen-bond donors (Lipinski definition) is 2. The van der Waals surface area contributed by atoms with E-state index in [9.17, 15) is 13.2 Å². The first-order valence-corrected chi connectivity index (χ1v) is 9.40. The van der Waals surface area contributed by atoms with Crippen molar-refractivity contribution in [3.8, 4) is 16.9 Å². The van der Waals surface area contributed by atoms with Gasteiger partial charge in [0.25, 0.3) is 0 Å². The van der Waals surface area contributed by atoms with E-state index in [0.29, 0.717) is 25.1 Å². The highest BCUT2D eigenvalue weighted by Gasteiger charge is 2.13. The predicted molar refractivity (Wildman–Crippen MR) is 94.7 cm³/mol. The molecule has 2 aromatic carbocycles. The Labute approximate surface area is 147 Å². The van der Waals surface area contributed by atoms with Crippen LogP contribution in [0, 0.1) is 0 Å². The zero-order chi connectivity index (χ0) is 18.3. The summed E-state index contributed by atoms with van der Waals surface area (Å²) >= 11 is 0. The summed E-state index contributed by atoms with van der Waals surface area (Å²) in [6.45, 7) is 1.68. The third kappa shape index (κ3) is 5.67. The molecule has 134 valence electrons. The lowest BCUT2D eigenvalue weighted by Gasteiger charge is -2.08. The average molecular weight is 363 g/mol. The molecule has 0 aliphatic rings. The van der Waals surface area contributed by atoms with Gasteiger partial charge in [-0.3, -0.25) is 4.79 Å². The molecule has 0 aliphatic carbocycles. The van der Waals surface area contributed by atoms with Gasteiger partial charge in [-0.15, -0.1) is 0 Å². The minimum absolute atomic E-state index is 0.0483. The van der Waals surface area contributed by atoms with E-state index in [4.69, 9.17) is 9.84 Å². The van der Waals surface area contributed by atoms with Crippen LogP contribution in [0.3, 0.4) is 0 Å². The van der Waals surface area contributed by atoms with Crippen LogP contribution in [-0.2, 0) is 14.8 Å². The Hall–Kier alpha value is -2.22. The summed E-state index contributed by atoms with van der Waals surface area (Å²) in [7, 11) is -3.55. The standard InChI is InChI=1S/C18H21NO5S/c1-14(21)24-17-8-4-15(5-9-17)16-6-10-18(11-7-16)25(22,23)19-12-2-3-13-20/h4-11,19-20H,2-3,12-13H2,1H3. The summed E-state index contributed by atoms with van der Waals surface area (Å²) in [4.78, 5) is 11.1. The van der Waals surface area contributed by atoms with E-state index in [2.05, 4.69) is 4.72 Å². The van der Waals surface area contributed by atoms with Crippen molar-refractivity contribution in [2.24, 2.45) is 0 Å². The van der Waals surface area contributed by atoms with Gasteiger partial charge in [-0.25, -0.2) is 13.1 Å². The van der Waals surface area contributed by atoms with Gasteiger partial charge in [0.2, 0.25) is 10.0 Å². The second-order valence-corrected chi connectivity index (χ2v) is 7.24. The monoisotopic (exact) mass is 363 g/mol. The molecule has 0 aromatic heterocycles. The number of ether oxygens (including phenoxy) is 1. The largest absolute Gasteiger partial charge is 0.427 e. The molecule has 0 heterocycles. The molecule has 6 nitrogen and oxygen atoms in total. The highest BCUT2D eigenvalue weighted by molar-refractivity contribution is 7.89. The first-order valence-electron chi connectivity index (χ1n) is 7.92. The van der Waals surface area contributed by atoms with E-state index < -0.39 is 10.0 Å². The van der Waals surface area contributed by atoms with Gasteiger partial charge < -0.3 is 9.84 Å². The number of sulfonamides is 1. The van der Waals surface area contributed by atoms with Crippen molar-refractivity contribution in [3.05, 3.63) is 48.5 Å². The van der Waals surface area contributed by atoms with Crippen LogP contribution in [0.2, 0.25) is 0 Å². The third-order valence-electron chi connectivity index (χ3n) is 3.49. The number of aliphatic hydroxyl groups excluding tert-OH is 1. The molecule has 0 bridgehead atoms. The summed E-state index contributed by atoms with van der Waals surface area (Å²) in [6, 6.07) is 13.5. The molecule has 0 spiro atoms. The molecule has 7 heteroatoms. The lowest BCUT2D eigenvalue weighted by Crippen LogP contribution is -2.24. The summed E-state index contributed by atoms with van der Waals surface area (Å²) in [5.74, 6) is 0.0799. The Morgan fingerprint density at radius 2 is 1.56 bits per heavy atom. The SMILES string of the molecule is CC(=O)Oc1ccc(-c2ccc(S(=O)(=O)NCCCCO)cc2)cc1. The molecule has 2 rings (SSSR count). The summed E-state index contributed by atoms with van der Waals surface area (Å²) < 4.78 is 31.8. The third-order valence-corrected chi connectivity index (χ3v) is 4.97. The molecule has 0 fully saturated rings. The molecule has 0 unspecified atom stereocenters. The maximum absolute atomic E-state index is 12.2. The van der Waals surface area contributed by atoms with Gasteiger partial charge in [0, 0.05) is 20.1 Å². The maximum atomic E-state index is 12.2. The quantitative estimate of drug-likeness (QED) is 0.427. The number of rotatable bonds is 8. The van der Waals surface area contributed by atoms with Gasteiger partial charge in [-0.05, 0) is 48.2 Å². The topological polar surface area (TPSA) is 92.7 Å². The van der Waals surface area contributed by atoms with Crippen molar-refractivity contribution in [3.63, 3.8) is 0 Å². The van der Waals surface area contributed by atoms with Crippen LogP contribution in [0.5, 0.6) is 5.75 Å². The van der Waals surface area contributed by atoms with Gasteiger partial charge in [0.1, 0.15) is 5.75 Å². The molecule has 0 atom stereocenters. The van der Waals surface area contributed by atoms with E-state index in [1.807, 2.05) is 0 Å². The molecule has 2 N–H and O–H groups in total. The summed E-state index contributed by atoms with van der Waals surface area (Å²) in [5, 5.41) is 8.71. The van der Waals surface area contributed by atoms with Crippen LogP contribution in [0.15, 0.2) is 53.4 Å². The minimum Gasteiger partial charge on any atom is -0.427 e. The number of carbonyl (C=O) groups is 1. The maximum Gasteiger partial charge on any atom is 0.308 e. The van der Waals surface area contributed by atoms with Crippen molar-refractivity contribution in [2.75, 3.05) is 13.2 Å². The fourth-order valence-corrected chi connectivity index (χ4v) is 3.31. The minimum atomic E-state index is -3.55. The molecule has 25 heavy (non-hydrogen) atoms. The van der Waals surface area contributed by atoms with Crippen molar-refractivity contribution >= 4 is 16.0 Å². The number of benzene rings is 2. The Kier molecular flexibility index (Phi) is 6.69. The Morgan fingerprint density at radius 3 is 2.08 bits per heavy atom. The number of hydrogen-bond acceptors (Lipinski definition) is 5. The second-order valence-electron chi connectivity index (χ2n) is 5.47. The van der Waals surface area contributed by atoms with E-state index in [-0.39, 0.29) is 17.5 Å². The molecule has 0 amide bonds. The van der Waals surface area contributed by atoms with Crippen LogP contribution in [0.1, 0.15) is 19.8 Å². The first-order chi connectivity index (χ1) is 11.9. The van der Waals surface area contributed by atoms with Crippen molar-refractivity contribution in [1.82, 2.24) is 4.72 Å². The normalized spacial score (nSPS) is 11.3. The highest BCUT2D eigenvalue weighted by atomic mass is 32.2. The zero-order valence-corrected chi connectivity index (χ0v) is 14.8. The summed E-state index contributed by atoms with van der Waals surface area (Å²) in [6.07, 6.45) is 1.15. The van der Waals surface area contributed by atoms with E-state index in [1.54, 1.807) is 48.5 Å². The molecule has 0 saturated heterocycles. The highest BCUT2D eigenvalue weighted by Crippen LogP contribution is 2.24. The van der Waals surface area contributed by atoms with Crippen LogP contribution in [-0.4, -0.2) is 32.6 Å². The number of esters is 1. The van der Waals surface area contributed by atoms with Gasteiger partial charge in [-0.2, -0.15) is 0 Å². The van der Waals surface area contributed by atoms with Crippen molar-refractivity contribution in [2.45, 2.75) is 24.7 Å². The van der Waals surface area contributed by atoms with Crippen molar-refractivity contribution < 1.29 is 23.1 Å². The average Bonchev–Trinajstić information content (AvgIpc) is 2.59. The van der Waals surface area contributed by atoms with Crippen LogP contribution < -0.4 is 9.46 Å². The van der Waals surface area contributed by atoms with E-state index >= 15 is 0 Å². The van der Waals surface area contributed by atoms with Gasteiger partial charge >= 0.3 is 5.97 Å². The zero-order valence-electron chi connectivity index (χ0n) is 13.9. The van der Waals surface area contributed by atoms with Gasteiger partial charge in [0.05, 0.1) is 4.90 Å². The lowest BCUT2D eigenvalue weighted by atomic mass is 10.1. The molecular formula is C18H21NO5S. The predicted octanol–water partition coefficient (Wildman–Crippen LogP) is 2.33. The van der Waals surface area contributed by atoms with Gasteiger partial charge in [0.15, 0.2) is 0 Å². The van der Waals surface area contributed by atoms with Gasteiger partial charge in [-0.1, -0.05) is 24.3 Å². The van der Waals surface area contributed by atoms with Crippen LogP contribution in [0.4, 0.5) is 0 Å². The Bertz CT molecular complexity index is 798. The van der Waals surface area contributed by atoms with Crippen molar-refractivity contribution in [1.29, 1.82) is 0 Å². The number of carbonyl (C=O) groups excluding carboxylic acids is 1. The number of nitrogens with one attached hydrogen (secondary N) is 1. The Balaban J connectivity index is 2.07. The number of unbranched alkanes of at least 4 members (excludes halogenated alkanes) is 1. The van der Waals surface area contributed by atoms with E-state index in [1.165, 1.54) is 6.92 Å².